The number of aromatic amines is 1. The number of aromatic nitrogens is 3. The Labute approximate surface area is 205 Å². The second-order valence-electron chi connectivity index (χ2n) is 7.56. The molecule has 0 atom stereocenters. The van der Waals surface area contributed by atoms with Crippen LogP contribution in [0.15, 0.2) is 42.6 Å². The summed E-state index contributed by atoms with van der Waals surface area (Å²) in [5.74, 6) is -1.30. The summed E-state index contributed by atoms with van der Waals surface area (Å²) >= 11 is 6.88. The zero-order chi connectivity index (χ0) is 25.2. The van der Waals surface area contributed by atoms with Gasteiger partial charge in [0.05, 0.1) is 17.3 Å². The van der Waals surface area contributed by atoms with Gasteiger partial charge in [-0.3, -0.25) is 9.89 Å². The molecule has 0 aliphatic carbocycles. The molecule has 0 fully saturated rings. The molecule has 4 N–H and O–H groups in total. The van der Waals surface area contributed by atoms with Gasteiger partial charge in [0.15, 0.2) is 5.13 Å². The maximum absolute atomic E-state index is 13.8. The Balaban J connectivity index is 1.81. The van der Waals surface area contributed by atoms with Gasteiger partial charge in [0.2, 0.25) is 5.88 Å². The quantitative estimate of drug-likeness (QED) is 0.160. The highest BCUT2D eigenvalue weighted by atomic mass is 35.5. The average molecular weight is 523 g/mol. The van der Waals surface area contributed by atoms with Crippen LogP contribution in [0.3, 0.4) is 0 Å². The van der Waals surface area contributed by atoms with E-state index < -0.39 is 17.7 Å². The van der Waals surface area contributed by atoms with Crippen molar-refractivity contribution in [3.63, 3.8) is 0 Å². The molecule has 0 amide bonds. The largest absolute Gasteiger partial charge is 0.492 e. The number of benzene rings is 2. The highest BCUT2D eigenvalue weighted by Gasteiger charge is 2.33. The Morgan fingerprint density at radius 1 is 1.23 bits per heavy atom. The van der Waals surface area contributed by atoms with Crippen molar-refractivity contribution in [2.24, 2.45) is 0 Å². The molecule has 182 valence electrons. The summed E-state index contributed by atoms with van der Waals surface area (Å²) in [7, 11) is 0. The summed E-state index contributed by atoms with van der Waals surface area (Å²) in [6.07, 6.45) is -1.43. The molecule has 0 unspecified atom stereocenters. The number of hydrogen-bond donors (Lipinski definition) is 4. The minimum absolute atomic E-state index is 0.0378. The molecule has 0 radical (unpaired) electrons. The Morgan fingerprint density at radius 2 is 2.03 bits per heavy atom. The number of alkyl halides is 3. The SMILES string of the molecule is O=C(O)CCCNc1nc(O)c(C(=Cc2ccc(Cl)cc2C(F)(F)F)c2ccc3[nH]ncc3c2)s1. The number of hydrogen-bond acceptors (Lipinski definition) is 6. The number of aromatic hydroxyl groups is 1. The van der Waals surface area contributed by atoms with Gasteiger partial charge in [-0.15, -0.1) is 0 Å². The lowest BCUT2D eigenvalue weighted by Crippen LogP contribution is -2.07. The topological polar surface area (TPSA) is 111 Å². The fourth-order valence-corrected chi connectivity index (χ4v) is 4.54. The number of carboxylic acid groups (broad SMARTS) is 1. The van der Waals surface area contributed by atoms with Crippen LogP contribution in [0, 0.1) is 0 Å². The van der Waals surface area contributed by atoms with Crippen LogP contribution in [-0.2, 0) is 11.0 Å². The zero-order valence-electron chi connectivity index (χ0n) is 17.9. The maximum Gasteiger partial charge on any atom is 0.417 e. The molecule has 4 rings (SSSR count). The van der Waals surface area contributed by atoms with E-state index >= 15 is 0 Å². The lowest BCUT2D eigenvalue weighted by atomic mass is 9.98. The highest BCUT2D eigenvalue weighted by Crippen LogP contribution is 2.41. The molecule has 0 saturated carbocycles. The van der Waals surface area contributed by atoms with E-state index in [-0.39, 0.29) is 27.8 Å². The number of carboxylic acids is 1. The van der Waals surface area contributed by atoms with Gasteiger partial charge in [-0.05, 0) is 47.9 Å². The summed E-state index contributed by atoms with van der Waals surface area (Å²) in [6, 6.07) is 8.67. The minimum atomic E-state index is -4.65. The van der Waals surface area contributed by atoms with Gasteiger partial charge in [-0.1, -0.05) is 35.1 Å². The molecule has 2 aromatic heterocycles. The summed E-state index contributed by atoms with van der Waals surface area (Å²) in [5.41, 5.74) is 0.550. The number of nitrogens with one attached hydrogen (secondary N) is 2. The van der Waals surface area contributed by atoms with E-state index in [4.69, 9.17) is 16.7 Å². The van der Waals surface area contributed by atoms with Crippen molar-refractivity contribution in [3.8, 4) is 5.88 Å². The first kappa shape index (κ1) is 24.6. The molecule has 4 aromatic rings. The number of aliphatic carboxylic acids is 1. The number of rotatable bonds is 8. The molecule has 2 heterocycles. The molecule has 0 aliphatic rings. The number of fused-ring (bicyclic) bond motifs is 1. The first-order valence-electron chi connectivity index (χ1n) is 10.3. The fraction of sp³-hybridized carbons (Fsp3) is 0.174. The predicted molar refractivity (Wildman–Crippen MR) is 129 cm³/mol. The normalized spacial score (nSPS) is 12.3. The van der Waals surface area contributed by atoms with Gasteiger partial charge >= 0.3 is 12.1 Å². The van der Waals surface area contributed by atoms with Crippen LogP contribution in [0.1, 0.15) is 34.4 Å². The van der Waals surface area contributed by atoms with Crippen molar-refractivity contribution in [1.82, 2.24) is 15.2 Å². The van der Waals surface area contributed by atoms with Gasteiger partial charge in [0, 0.05) is 28.9 Å². The van der Waals surface area contributed by atoms with Gasteiger partial charge in [0.1, 0.15) is 4.88 Å². The standard InChI is InChI=1S/C23H18ClF3N4O3S/c24-15-5-3-13(17(10-15)23(25,26)27)9-16(12-4-6-18-14(8-12)11-29-31-18)20-21(34)30-22(35-20)28-7-1-2-19(32)33/h3-6,8-11,34H,1-2,7H2,(H,28,30)(H,29,31)(H,32,33). The third-order valence-electron chi connectivity index (χ3n) is 5.07. The number of nitrogens with zero attached hydrogens (tertiary/aromatic N) is 2. The van der Waals surface area contributed by atoms with E-state index in [9.17, 15) is 23.1 Å². The molecule has 0 bridgehead atoms. The predicted octanol–water partition coefficient (Wildman–Crippen LogP) is 6.26. The monoisotopic (exact) mass is 522 g/mol. The third kappa shape index (κ3) is 5.75. The van der Waals surface area contributed by atoms with E-state index in [1.54, 1.807) is 24.4 Å². The summed E-state index contributed by atoms with van der Waals surface area (Å²) in [4.78, 5) is 15.0. The van der Waals surface area contributed by atoms with Crippen LogP contribution in [0.2, 0.25) is 5.02 Å². The second kappa shape index (κ2) is 9.96. The van der Waals surface area contributed by atoms with Crippen LogP contribution >= 0.6 is 22.9 Å². The molecule has 12 heteroatoms. The van der Waals surface area contributed by atoms with Crippen LogP contribution in [0.5, 0.6) is 5.88 Å². The number of anilines is 1. The van der Waals surface area contributed by atoms with E-state index in [0.717, 1.165) is 28.3 Å². The average Bonchev–Trinajstić information content (AvgIpc) is 3.41. The van der Waals surface area contributed by atoms with Gasteiger partial charge in [0.25, 0.3) is 0 Å². The molecule has 0 spiro atoms. The number of thiazole rings is 1. The lowest BCUT2D eigenvalue weighted by molar-refractivity contribution is -0.138. The third-order valence-corrected chi connectivity index (χ3v) is 6.34. The summed E-state index contributed by atoms with van der Waals surface area (Å²) < 4.78 is 41.3. The Bertz CT molecular complexity index is 1410. The molecule has 2 aromatic carbocycles. The molecular weight excluding hydrogens is 505 g/mol. The number of halogens is 4. The van der Waals surface area contributed by atoms with Crippen molar-refractivity contribution < 1.29 is 28.2 Å². The summed E-state index contributed by atoms with van der Waals surface area (Å²) in [5, 5.41) is 30.1. The van der Waals surface area contributed by atoms with Crippen molar-refractivity contribution in [3.05, 3.63) is 69.2 Å². The van der Waals surface area contributed by atoms with Gasteiger partial charge in [-0.2, -0.15) is 23.3 Å². The van der Waals surface area contributed by atoms with Crippen LogP contribution in [-0.4, -0.2) is 37.9 Å². The summed E-state index contributed by atoms with van der Waals surface area (Å²) in [6.45, 7) is 0.300. The molecule has 0 saturated heterocycles. The maximum atomic E-state index is 13.8. The zero-order valence-corrected chi connectivity index (χ0v) is 19.4. The van der Waals surface area contributed by atoms with Gasteiger partial charge in [-0.25, -0.2) is 0 Å². The van der Waals surface area contributed by atoms with E-state index in [1.807, 2.05) is 0 Å². The molecular formula is C23H18ClF3N4O3S. The van der Waals surface area contributed by atoms with E-state index in [2.05, 4.69) is 20.5 Å². The minimum Gasteiger partial charge on any atom is -0.492 e. The first-order valence-corrected chi connectivity index (χ1v) is 11.5. The number of H-pyrrole nitrogens is 1. The Morgan fingerprint density at radius 3 is 2.77 bits per heavy atom. The highest BCUT2D eigenvalue weighted by molar-refractivity contribution is 7.17. The van der Waals surface area contributed by atoms with E-state index in [0.29, 0.717) is 29.2 Å². The molecule has 0 aliphatic heterocycles. The fourth-order valence-electron chi connectivity index (χ4n) is 3.44. The molecule has 7 nitrogen and oxygen atoms in total. The number of carbonyl (C=O) groups is 1. The van der Waals surface area contributed by atoms with Crippen LogP contribution in [0.25, 0.3) is 22.6 Å². The Kier molecular flexibility index (Phi) is 6.99. The van der Waals surface area contributed by atoms with E-state index in [1.165, 1.54) is 18.2 Å². The smallest absolute Gasteiger partial charge is 0.417 e. The van der Waals surface area contributed by atoms with Crippen molar-refractivity contribution in [2.45, 2.75) is 19.0 Å². The second-order valence-corrected chi connectivity index (χ2v) is 8.99. The Hall–Kier alpha value is -3.57. The van der Waals surface area contributed by atoms with Crippen LogP contribution < -0.4 is 5.32 Å². The molecule has 35 heavy (non-hydrogen) atoms. The first-order chi connectivity index (χ1) is 16.6. The lowest BCUT2D eigenvalue weighted by Gasteiger charge is -2.13. The van der Waals surface area contributed by atoms with Crippen molar-refractivity contribution >= 4 is 56.6 Å². The van der Waals surface area contributed by atoms with Crippen molar-refractivity contribution in [2.75, 3.05) is 11.9 Å². The van der Waals surface area contributed by atoms with Gasteiger partial charge < -0.3 is 15.5 Å². The van der Waals surface area contributed by atoms with Crippen LogP contribution in [0.4, 0.5) is 18.3 Å². The van der Waals surface area contributed by atoms with Crippen molar-refractivity contribution in [1.29, 1.82) is 0 Å².